The predicted octanol–water partition coefficient (Wildman–Crippen LogP) is 4.52. The van der Waals surface area contributed by atoms with Gasteiger partial charge in [0.1, 0.15) is 0 Å². The Morgan fingerprint density at radius 2 is 1.55 bits per heavy atom. The SMILES string of the molecule is O=S(=O)(c1ccccc1)c1cnc2c(N3CCN(C4CCCCC4)CC3)cccc2c1. The van der Waals surface area contributed by atoms with Gasteiger partial charge in [-0.3, -0.25) is 9.88 Å². The summed E-state index contributed by atoms with van der Waals surface area (Å²) in [5, 5.41) is 0.865. The van der Waals surface area contributed by atoms with Crippen LogP contribution in [0.25, 0.3) is 10.9 Å². The topological polar surface area (TPSA) is 53.5 Å². The van der Waals surface area contributed by atoms with Gasteiger partial charge in [-0.15, -0.1) is 0 Å². The van der Waals surface area contributed by atoms with Gasteiger partial charge >= 0.3 is 0 Å². The van der Waals surface area contributed by atoms with Gasteiger partial charge in [0.25, 0.3) is 0 Å². The molecule has 0 unspecified atom stereocenters. The van der Waals surface area contributed by atoms with Crippen molar-refractivity contribution in [2.75, 3.05) is 31.1 Å². The average molecular weight is 436 g/mol. The van der Waals surface area contributed by atoms with Crippen LogP contribution in [0.4, 0.5) is 5.69 Å². The molecular formula is C25H29N3O2S. The molecule has 0 atom stereocenters. The van der Waals surface area contributed by atoms with Crippen molar-refractivity contribution in [3.05, 3.63) is 60.8 Å². The molecule has 2 aromatic carbocycles. The molecule has 6 heteroatoms. The normalized spacial score (nSPS) is 19.0. The number of pyridine rings is 1. The first kappa shape index (κ1) is 20.5. The predicted molar refractivity (Wildman–Crippen MR) is 124 cm³/mol. The molecule has 2 aliphatic rings. The molecule has 1 aliphatic carbocycles. The van der Waals surface area contributed by atoms with Crippen LogP contribution in [0.1, 0.15) is 32.1 Å². The molecule has 0 radical (unpaired) electrons. The number of sulfone groups is 1. The van der Waals surface area contributed by atoms with E-state index in [0.717, 1.165) is 48.8 Å². The number of piperazine rings is 1. The van der Waals surface area contributed by atoms with Crippen molar-refractivity contribution in [1.29, 1.82) is 0 Å². The summed E-state index contributed by atoms with van der Waals surface area (Å²) in [6.07, 6.45) is 8.31. The first-order valence-corrected chi connectivity index (χ1v) is 12.8. The zero-order valence-electron chi connectivity index (χ0n) is 17.8. The second kappa shape index (κ2) is 8.60. The standard InChI is InChI=1S/C25H29N3O2S/c29-31(30,22-11-5-2-6-12-22)23-18-20-8-7-13-24(25(20)26-19-23)28-16-14-27(15-17-28)21-9-3-1-4-10-21/h2,5-8,11-13,18-19,21H,1,3-4,9-10,14-17H2. The Labute approximate surface area is 184 Å². The number of benzene rings is 2. The number of nitrogens with zero attached hydrogens (tertiary/aromatic N) is 3. The van der Waals surface area contributed by atoms with Crippen LogP contribution in [0.3, 0.4) is 0 Å². The summed E-state index contributed by atoms with van der Waals surface area (Å²) in [5.74, 6) is 0. The molecule has 0 N–H and O–H groups in total. The number of hydrogen-bond donors (Lipinski definition) is 0. The zero-order valence-corrected chi connectivity index (χ0v) is 18.6. The highest BCUT2D eigenvalue weighted by Crippen LogP contribution is 2.30. The average Bonchev–Trinajstić information content (AvgIpc) is 2.84. The lowest BCUT2D eigenvalue weighted by atomic mass is 9.94. The minimum absolute atomic E-state index is 0.241. The molecule has 31 heavy (non-hydrogen) atoms. The third-order valence-electron chi connectivity index (χ3n) is 6.77. The summed E-state index contributed by atoms with van der Waals surface area (Å²) in [6.45, 7) is 4.14. The van der Waals surface area contributed by atoms with Crippen LogP contribution in [0, 0.1) is 0 Å². The molecule has 0 spiro atoms. The van der Waals surface area contributed by atoms with Crippen molar-refractivity contribution >= 4 is 26.4 Å². The molecule has 1 aliphatic heterocycles. The molecule has 1 saturated carbocycles. The van der Waals surface area contributed by atoms with Gasteiger partial charge in [0.2, 0.25) is 9.84 Å². The minimum atomic E-state index is -3.57. The monoisotopic (exact) mass is 435 g/mol. The maximum absolute atomic E-state index is 13.0. The Morgan fingerprint density at radius 3 is 2.29 bits per heavy atom. The van der Waals surface area contributed by atoms with E-state index in [0.29, 0.717) is 4.90 Å². The number of aromatic nitrogens is 1. The van der Waals surface area contributed by atoms with Gasteiger partial charge in [0.05, 0.1) is 21.0 Å². The van der Waals surface area contributed by atoms with Crippen molar-refractivity contribution in [3.63, 3.8) is 0 Å². The molecule has 1 saturated heterocycles. The zero-order chi connectivity index (χ0) is 21.3. The fraction of sp³-hybridized carbons (Fsp3) is 0.400. The molecule has 2 fully saturated rings. The quantitative estimate of drug-likeness (QED) is 0.603. The first-order valence-electron chi connectivity index (χ1n) is 11.3. The van der Waals surface area contributed by atoms with Gasteiger partial charge in [-0.05, 0) is 37.1 Å². The lowest BCUT2D eigenvalue weighted by Gasteiger charge is -2.41. The molecule has 3 aromatic rings. The molecule has 0 amide bonds. The van der Waals surface area contributed by atoms with E-state index in [1.165, 1.54) is 38.3 Å². The van der Waals surface area contributed by atoms with E-state index >= 15 is 0 Å². The highest BCUT2D eigenvalue weighted by molar-refractivity contribution is 7.91. The Balaban J connectivity index is 1.39. The lowest BCUT2D eigenvalue weighted by Crippen LogP contribution is -2.50. The fourth-order valence-electron chi connectivity index (χ4n) is 5.04. The van der Waals surface area contributed by atoms with Crippen molar-refractivity contribution in [2.45, 2.75) is 47.9 Å². The third kappa shape index (κ3) is 4.06. The molecule has 162 valence electrons. The molecular weight excluding hydrogens is 406 g/mol. The van der Waals surface area contributed by atoms with Crippen LogP contribution >= 0.6 is 0 Å². The summed E-state index contributed by atoms with van der Waals surface area (Å²) in [5.41, 5.74) is 1.98. The fourth-order valence-corrected chi connectivity index (χ4v) is 6.30. The molecule has 1 aromatic heterocycles. The van der Waals surface area contributed by atoms with Gasteiger partial charge in [-0.25, -0.2) is 8.42 Å². The Kier molecular flexibility index (Phi) is 5.67. The van der Waals surface area contributed by atoms with E-state index in [9.17, 15) is 8.42 Å². The molecule has 5 rings (SSSR count). The summed E-state index contributed by atoms with van der Waals surface area (Å²) in [4.78, 5) is 10.2. The van der Waals surface area contributed by atoms with Crippen LogP contribution in [0.2, 0.25) is 0 Å². The van der Waals surface area contributed by atoms with Crippen molar-refractivity contribution in [1.82, 2.24) is 9.88 Å². The minimum Gasteiger partial charge on any atom is -0.367 e. The maximum atomic E-state index is 13.0. The smallest absolute Gasteiger partial charge is 0.208 e. The largest absolute Gasteiger partial charge is 0.367 e. The van der Waals surface area contributed by atoms with Gasteiger partial charge in [0, 0.05) is 43.8 Å². The highest BCUT2D eigenvalue weighted by Gasteiger charge is 2.26. The van der Waals surface area contributed by atoms with Gasteiger partial charge in [-0.2, -0.15) is 0 Å². The van der Waals surface area contributed by atoms with Gasteiger partial charge < -0.3 is 4.90 Å². The molecule has 0 bridgehead atoms. The first-order chi connectivity index (χ1) is 15.1. The van der Waals surface area contributed by atoms with Gasteiger partial charge in [-0.1, -0.05) is 49.6 Å². The number of fused-ring (bicyclic) bond motifs is 1. The van der Waals surface area contributed by atoms with Crippen molar-refractivity contribution < 1.29 is 8.42 Å². The van der Waals surface area contributed by atoms with Crippen LogP contribution in [0.5, 0.6) is 0 Å². The van der Waals surface area contributed by atoms with E-state index < -0.39 is 9.84 Å². The number of anilines is 1. The third-order valence-corrected chi connectivity index (χ3v) is 8.51. The lowest BCUT2D eigenvalue weighted by molar-refractivity contribution is 0.148. The summed E-state index contributed by atoms with van der Waals surface area (Å²) >= 11 is 0. The number of para-hydroxylation sites is 1. The van der Waals surface area contributed by atoms with E-state index in [-0.39, 0.29) is 4.90 Å². The van der Waals surface area contributed by atoms with E-state index in [1.807, 2.05) is 18.2 Å². The van der Waals surface area contributed by atoms with Crippen LogP contribution < -0.4 is 4.90 Å². The highest BCUT2D eigenvalue weighted by atomic mass is 32.2. The van der Waals surface area contributed by atoms with Gasteiger partial charge in [0.15, 0.2) is 0 Å². The summed E-state index contributed by atoms with van der Waals surface area (Å²) < 4.78 is 26.0. The number of rotatable bonds is 4. The van der Waals surface area contributed by atoms with E-state index in [4.69, 9.17) is 0 Å². The van der Waals surface area contributed by atoms with Crippen LogP contribution in [-0.4, -0.2) is 50.5 Å². The Bertz CT molecular complexity index is 1150. The van der Waals surface area contributed by atoms with Crippen molar-refractivity contribution in [3.8, 4) is 0 Å². The van der Waals surface area contributed by atoms with Crippen molar-refractivity contribution in [2.24, 2.45) is 0 Å². The maximum Gasteiger partial charge on any atom is 0.208 e. The second-order valence-corrected chi connectivity index (χ2v) is 10.6. The Hall–Kier alpha value is -2.44. The van der Waals surface area contributed by atoms with E-state index in [2.05, 4.69) is 20.9 Å². The van der Waals surface area contributed by atoms with E-state index in [1.54, 1.807) is 30.3 Å². The molecule has 2 heterocycles. The van der Waals surface area contributed by atoms with Crippen LogP contribution in [-0.2, 0) is 9.84 Å². The van der Waals surface area contributed by atoms with Crippen LogP contribution in [0.15, 0.2) is 70.6 Å². The second-order valence-electron chi connectivity index (χ2n) is 8.65. The molecule has 5 nitrogen and oxygen atoms in total. The summed E-state index contributed by atoms with van der Waals surface area (Å²) in [6, 6.07) is 17.1. The summed E-state index contributed by atoms with van der Waals surface area (Å²) in [7, 11) is -3.57. The Morgan fingerprint density at radius 1 is 0.806 bits per heavy atom. The number of hydrogen-bond acceptors (Lipinski definition) is 5.